The topological polar surface area (TPSA) is 0 Å². The van der Waals surface area contributed by atoms with Gasteiger partial charge in [-0.15, -0.1) is 11.8 Å². The van der Waals surface area contributed by atoms with Crippen LogP contribution >= 0.6 is 66.8 Å². The first kappa shape index (κ1) is 17.2. The molecule has 2 aliphatic carbocycles. The number of alkyl halides is 4. The molecule has 0 aromatic carbocycles. The van der Waals surface area contributed by atoms with Crippen molar-refractivity contribution in [2.24, 2.45) is 5.92 Å². The second kappa shape index (κ2) is 6.98. The largest absolute Gasteiger partial charge is 0.149 e. The van der Waals surface area contributed by atoms with Crippen LogP contribution in [-0.2, 0) is 0 Å². The van der Waals surface area contributed by atoms with Gasteiger partial charge in [-0.2, -0.15) is 0 Å². The highest BCUT2D eigenvalue weighted by Crippen LogP contribution is 2.62. The SMILES string of the molecule is CC1(SC2CCCCC2)C(CCBr)CC(Br)C1(Cl)Cl. The summed E-state index contributed by atoms with van der Waals surface area (Å²) in [7, 11) is 0. The summed E-state index contributed by atoms with van der Waals surface area (Å²) in [6, 6.07) is 0. The molecule has 112 valence electrons. The fraction of sp³-hybridized carbons (Fsp3) is 1.00. The molecule has 0 saturated heterocycles. The van der Waals surface area contributed by atoms with E-state index >= 15 is 0 Å². The third-order valence-corrected chi connectivity index (χ3v) is 10.3. The molecule has 2 rings (SSSR count). The fourth-order valence-electron chi connectivity index (χ4n) is 3.43. The molecule has 3 atom stereocenters. The van der Waals surface area contributed by atoms with Gasteiger partial charge in [0.05, 0.1) is 4.75 Å². The van der Waals surface area contributed by atoms with Crippen LogP contribution in [0.5, 0.6) is 0 Å². The van der Waals surface area contributed by atoms with E-state index in [9.17, 15) is 0 Å². The minimum Gasteiger partial charge on any atom is -0.149 e. The molecule has 19 heavy (non-hydrogen) atoms. The molecule has 0 bridgehead atoms. The van der Waals surface area contributed by atoms with Gasteiger partial charge in [-0.3, -0.25) is 0 Å². The average molecular weight is 453 g/mol. The van der Waals surface area contributed by atoms with Crippen LogP contribution in [0.2, 0.25) is 0 Å². The van der Waals surface area contributed by atoms with E-state index in [0.717, 1.165) is 23.4 Å². The first-order valence-electron chi connectivity index (χ1n) is 7.17. The fourth-order valence-corrected chi connectivity index (χ4v) is 7.79. The minimum absolute atomic E-state index is 0.0416. The summed E-state index contributed by atoms with van der Waals surface area (Å²) in [5.41, 5.74) is 0. The molecular formula is C14H22Br2Cl2S. The molecule has 2 fully saturated rings. The molecule has 0 nitrogen and oxygen atoms in total. The van der Waals surface area contributed by atoms with Crippen LogP contribution in [0.25, 0.3) is 0 Å². The Morgan fingerprint density at radius 2 is 1.84 bits per heavy atom. The Bertz CT molecular complexity index is 308. The van der Waals surface area contributed by atoms with Crippen LogP contribution in [0.15, 0.2) is 0 Å². The Balaban J connectivity index is 2.14. The third kappa shape index (κ3) is 3.46. The number of rotatable bonds is 4. The highest BCUT2D eigenvalue weighted by Gasteiger charge is 2.61. The van der Waals surface area contributed by atoms with E-state index < -0.39 is 4.33 Å². The van der Waals surface area contributed by atoms with E-state index in [4.69, 9.17) is 23.2 Å². The molecule has 2 saturated carbocycles. The first-order chi connectivity index (χ1) is 8.91. The number of hydrogen-bond acceptors (Lipinski definition) is 1. The highest BCUT2D eigenvalue weighted by molar-refractivity contribution is 9.09. The molecule has 0 aliphatic heterocycles. The summed E-state index contributed by atoms with van der Waals surface area (Å²) < 4.78 is -0.706. The third-order valence-electron chi connectivity index (χ3n) is 4.75. The van der Waals surface area contributed by atoms with E-state index in [1.54, 1.807) is 0 Å². The second-order valence-corrected chi connectivity index (χ2v) is 11.0. The molecule has 0 aromatic rings. The molecule has 0 N–H and O–H groups in total. The van der Waals surface area contributed by atoms with E-state index in [2.05, 4.69) is 50.5 Å². The molecule has 2 aliphatic rings. The van der Waals surface area contributed by atoms with Crippen molar-refractivity contribution in [2.45, 2.75) is 71.0 Å². The molecule has 3 unspecified atom stereocenters. The molecule has 0 amide bonds. The second-order valence-electron chi connectivity index (χ2n) is 5.99. The predicted molar refractivity (Wildman–Crippen MR) is 96.5 cm³/mol. The quantitative estimate of drug-likeness (QED) is 0.435. The minimum atomic E-state index is -0.665. The molecule has 0 heterocycles. The van der Waals surface area contributed by atoms with Gasteiger partial charge in [0.15, 0.2) is 0 Å². The summed E-state index contributed by atoms with van der Waals surface area (Å²) in [5, 5.41) is 1.77. The van der Waals surface area contributed by atoms with E-state index in [-0.39, 0.29) is 9.57 Å². The monoisotopic (exact) mass is 450 g/mol. The van der Waals surface area contributed by atoms with Crippen molar-refractivity contribution < 1.29 is 0 Å². The standard InChI is InChI=1S/C14H22Br2Cl2S/c1-13(19-11-5-3-2-4-6-11)10(7-8-15)9-12(16)14(13,17)18/h10-12H,2-9H2,1H3. The number of hydrogen-bond donors (Lipinski definition) is 0. The van der Waals surface area contributed by atoms with Gasteiger partial charge in [-0.05, 0) is 38.5 Å². The summed E-state index contributed by atoms with van der Waals surface area (Å²) in [5.74, 6) is 0.582. The van der Waals surface area contributed by atoms with Crippen LogP contribution in [0, 0.1) is 5.92 Å². The highest BCUT2D eigenvalue weighted by atomic mass is 79.9. The lowest BCUT2D eigenvalue weighted by molar-refractivity contribution is 0.434. The van der Waals surface area contributed by atoms with Gasteiger partial charge >= 0.3 is 0 Å². The molecule has 5 heteroatoms. The molecular weight excluding hydrogens is 431 g/mol. The van der Waals surface area contributed by atoms with Crippen LogP contribution in [0.4, 0.5) is 0 Å². The first-order valence-corrected chi connectivity index (χ1v) is 10.8. The van der Waals surface area contributed by atoms with Crippen LogP contribution in [0.3, 0.4) is 0 Å². The van der Waals surface area contributed by atoms with E-state index in [0.29, 0.717) is 5.92 Å². The Hall–Kier alpha value is 1.89. The predicted octanol–water partition coefficient (Wildman–Crippen LogP) is 6.55. The van der Waals surface area contributed by atoms with Crippen molar-refractivity contribution in [3.63, 3.8) is 0 Å². The Morgan fingerprint density at radius 1 is 1.21 bits per heavy atom. The summed E-state index contributed by atoms with van der Waals surface area (Å²) in [6.07, 6.45) is 9.02. The smallest absolute Gasteiger partial charge is 0.145 e. The van der Waals surface area contributed by atoms with Crippen LogP contribution < -0.4 is 0 Å². The zero-order chi connectivity index (χ0) is 14.1. The van der Waals surface area contributed by atoms with Gasteiger partial charge in [-0.25, -0.2) is 0 Å². The molecule has 0 radical (unpaired) electrons. The Labute approximate surface area is 148 Å². The maximum absolute atomic E-state index is 6.76. The van der Waals surface area contributed by atoms with Crippen molar-refractivity contribution in [2.75, 3.05) is 5.33 Å². The van der Waals surface area contributed by atoms with Crippen molar-refractivity contribution in [1.29, 1.82) is 0 Å². The van der Waals surface area contributed by atoms with Crippen molar-refractivity contribution in [3.05, 3.63) is 0 Å². The van der Waals surface area contributed by atoms with E-state index in [1.807, 2.05) is 0 Å². The number of thioether (sulfide) groups is 1. The van der Waals surface area contributed by atoms with Crippen LogP contribution in [0.1, 0.15) is 51.9 Å². The summed E-state index contributed by atoms with van der Waals surface area (Å²) >= 11 is 22.9. The summed E-state index contributed by atoms with van der Waals surface area (Å²) in [4.78, 5) is 0.202. The van der Waals surface area contributed by atoms with Crippen molar-refractivity contribution in [3.8, 4) is 0 Å². The van der Waals surface area contributed by atoms with Gasteiger partial charge in [0, 0.05) is 15.4 Å². The Morgan fingerprint density at radius 3 is 2.42 bits per heavy atom. The van der Waals surface area contributed by atoms with Crippen molar-refractivity contribution >= 4 is 66.8 Å². The zero-order valence-corrected chi connectivity index (χ0v) is 16.8. The molecule has 0 spiro atoms. The Kier molecular flexibility index (Phi) is 6.34. The maximum Gasteiger partial charge on any atom is 0.145 e. The summed E-state index contributed by atoms with van der Waals surface area (Å²) in [6.45, 7) is 2.29. The van der Waals surface area contributed by atoms with Crippen molar-refractivity contribution in [1.82, 2.24) is 0 Å². The van der Waals surface area contributed by atoms with Gasteiger partial charge < -0.3 is 0 Å². The van der Waals surface area contributed by atoms with Gasteiger partial charge in [0.1, 0.15) is 4.33 Å². The normalized spacial score (nSPS) is 39.6. The van der Waals surface area contributed by atoms with Gasteiger partial charge in [0.2, 0.25) is 0 Å². The van der Waals surface area contributed by atoms with E-state index in [1.165, 1.54) is 32.1 Å². The zero-order valence-electron chi connectivity index (χ0n) is 11.3. The average Bonchev–Trinajstić information content (AvgIpc) is 2.53. The lowest BCUT2D eigenvalue weighted by atomic mass is 9.94. The van der Waals surface area contributed by atoms with Crippen LogP contribution in [-0.4, -0.2) is 24.5 Å². The lowest BCUT2D eigenvalue weighted by Crippen LogP contribution is -2.45. The van der Waals surface area contributed by atoms with Gasteiger partial charge in [-0.1, -0.05) is 74.3 Å². The lowest BCUT2D eigenvalue weighted by Gasteiger charge is -2.42. The molecule has 0 aromatic heterocycles. The maximum atomic E-state index is 6.76. The number of halogens is 4. The van der Waals surface area contributed by atoms with Gasteiger partial charge in [0.25, 0.3) is 0 Å².